The lowest BCUT2D eigenvalue weighted by molar-refractivity contribution is 0.0951. The van der Waals surface area contributed by atoms with E-state index in [1.807, 2.05) is 55.5 Å². The van der Waals surface area contributed by atoms with Crippen LogP contribution in [0.25, 0.3) is 22.9 Å². The van der Waals surface area contributed by atoms with Crippen molar-refractivity contribution in [3.05, 3.63) is 83.6 Å². The van der Waals surface area contributed by atoms with Crippen molar-refractivity contribution in [1.82, 2.24) is 25.4 Å². The van der Waals surface area contributed by atoms with E-state index in [4.69, 9.17) is 4.42 Å². The molecule has 35 heavy (non-hydrogen) atoms. The van der Waals surface area contributed by atoms with Crippen LogP contribution in [0.4, 0.5) is 5.82 Å². The molecule has 3 heterocycles. The van der Waals surface area contributed by atoms with Gasteiger partial charge in [0.05, 0.1) is 0 Å². The first kappa shape index (κ1) is 22.7. The average Bonchev–Trinajstić information content (AvgIpc) is 3.38. The number of aryl methyl sites for hydroxylation is 1. The molecule has 1 aliphatic rings. The van der Waals surface area contributed by atoms with Crippen molar-refractivity contribution in [2.75, 3.05) is 38.1 Å². The third-order valence-corrected chi connectivity index (χ3v) is 6.30. The number of hydrogen-bond donors (Lipinski definition) is 1. The highest BCUT2D eigenvalue weighted by Gasteiger charge is 2.18. The Bertz CT molecular complexity index is 1310. The van der Waals surface area contributed by atoms with Crippen LogP contribution in [0.15, 0.2) is 71.3 Å². The zero-order valence-electron chi connectivity index (χ0n) is 19.9. The van der Waals surface area contributed by atoms with Crippen LogP contribution in [0, 0.1) is 6.92 Å². The summed E-state index contributed by atoms with van der Waals surface area (Å²) < 4.78 is 5.88. The summed E-state index contributed by atoms with van der Waals surface area (Å²) in [7, 11) is 2.13. The first-order chi connectivity index (χ1) is 17.1. The predicted octanol–water partition coefficient (Wildman–Crippen LogP) is 3.79. The third-order valence-electron chi connectivity index (χ3n) is 6.30. The Labute approximate surface area is 204 Å². The average molecular weight is 469 g/mol. The fourth-order valence-corrected chi connectivity index (χ4v) is 4.17. The Balaban J connectivity index is 1.24. The van der Waals surface area contributed by atoms with Crippen LogP contribution in [-0.2, 0) is 6.54 Å². The topological polar surface area (TPSA) is 87.4 Å². The van der Waals surface area contributed by atoms with E-state index in [-0.39, 0.29) is 5.91 Å². The quantitative estimate of drug-likeness (QED) is 0.461. The first-order valence-electron chi connectivity index (χ1n) is 11.7. The van der Waals surface area contributed by atoms with Crippen molar-refractivity contribution in [2.24, 2.45) is 0 Å². The number of pyridine rings is 1. The van der Waals surface area contributed by atoms with Crippen molar-refractivity contribution < 1.29 is 9.21 Å². The number of benzene rings is 2. The Morgan fingerprint density at radius 1 is 0.943 bits per heavy atom. The van der Waals surface area contributed by atoms with Gasteiger partial charge >= 0.3 is 0 Å². The van der Waals surface area contributed by atoms with Crippen molar-refractivity contribution in [3.63, 3.8) is 0 Å². The summed E-state index contributed by atoms with van der Waals surface area (Å²) in [4.78, 5) is 22.0. The molecule has 0 atom stereocenters. The first-order valence-corrected chi connectivity index (χ1v) is 11.7. The largest absolute Gasteiger partial charge is 0.416 e. The lowest BCUT2D eigenvalue weighted by Gasteiger charge is -2.34. The highest BCUT2D eigenvalue weighted by Crippen LogP contribution is 2.26. The highest BCUT2D eigenvalue weighted by molar-refractivity contribution is 5.94. The van der Waals surface area contributed by atoms with Gasteiger partial charge in [0.2, 0.25) is 11.8 Å². The number of rotatable bonds is 6. The van der Waals surface area contributed by atoms with Crippen LogP contribution in [0.1, 0.15) is 21.5 Å². The van der Waals surface area contributed by atoms with E-state index in [2.05, 4.69) is 37.3 Å². The molecular formula is C27H28N6O2. The summed E-state index contributed by atoms with van der Waals surface area (Å²) in [5, 5.41) is 11.4. The fourth-order valence-electron chi connectivity index (χ4n) is 4.17. The summed E-state index contributed by atoms with van der Waals surface area (Å²) in [6, 6.07) is 19.0. The third kappa shape index (κ3) is 5.07. The Morgan fingerprint density at radius 2 is 1.69 bits per heavy atom. The van der Waals surface area contributed by atoms with E-state index in [9.17, 15) is 4.79 Å². The minimum absolute atomic E-state index is 0.143. The van der Waals surface area contributed by atoms with Crippen molar-refractivity contribution in [1.29, 1.82) is 0 Å². The lowest BCUT2D eigenvalue weighted by Crippen LogP contribution is -2.45. The molecule has 0 aliphatic carbocycles. The molecule has 0 spiro atoms. The van der Waals surface area contributed by atoms with E-state index in [0.717, 1.165) is 54.3 Å². The second-order valence-electron chi connectivity index (χ2n) is 8.76. The maximum atomic E-state index is 12.8. The van der Waals surface area contributed by atoms with Gasteiger partial charge < -0.3 is 19.5 Å². The van der Waals surface area contributed by atoms with E-state index in [0.29, 0.717) is 23.9 Å². The molecule has 8 nitrogen and oxygen atoms in total. The molecule has 8 heteroatoms. The van der Waals surface area contributed by atoms with Gasteiger partial charge in [0.1, 0.15) is 5.82 Å². The normalized spacial score (nSPS) is 14.2. The molecule has 1 fully saturated rings. The SMILES string of the molecule is Cc1ccccc1-c1nnc(-c2ccc(C(=O)NCc3cccnc3N3CCN(C)CC3)cc2)o1. The van der Waals surface area contributed by atoms with Crippen molar-refractivity contribution >= 4 is 11.7 Å². The Hall–Kier alpha value is -4.04. The molecule has 1 saturated heterocycles. The van der Waals surface area contributed by atoms with E-state index in [1.54, 1.807) is 18.3 Å². The van der Waals surface area contributed by atoms with E-state index in [1.165, 1.54) is 0 Å². The van der Waals surface area contributed by atoms with Crippen molar-refractivity contribution in [3.8, 4) is 22.9 Å². The second-order valence-corrected chi connectivity index (χ2v) is 8.76. The summed E-state index contributed by atoms with van der Waals surface area (Å²) >= 11 is 0. The van der Waals surface area contributed by atoms with Crippen molar-refractivity contribution in [2.45, 2.75) is 13.5 Å². The monoisotopic (exact) mass is 468 g/mol. The molecule has 0 radical (unpaired) electrons. The zero-order chi connectivity index (χ0) is 24.2. The number of carbonyl (C=O) groups excluding carboxylic acids is 1. The van der Waals surface area contributed by atoms with E-state index < -0.39 is 0 Å². The van der Waals surface area contributed by atoms with Crippen LogP contribution in [-0.4, -0.2) is 59.2 Å². The van der Waals surface area contributed by atoms with Crippen LogP contribution >= 0.6 is 0 Å². The number of nitrogens with one attached hydrogen (secondary N) is 1. The molecule has 0 bridgehead atoms. The molecule has 1 N–H and O–H groups in total. The van der Waals surface area contributed by atoms with Gasteiger partial charge in [-0.15, -0.1) is 10.2 Å². The minimum atomic E-state index is -0.143. The fraction of sp³-hybridized carbons (Fsp3) is 0.259. The number of carbonyl (C=O) groups is 1. The van der Waals surface area contributed by atoms with E-state index >= 15 is 0 Å². The number of piperazine rings is 1. The van der Waals surface area contributed by atoms with Gasteiger partial charge in [0.15, 0.2) is 0 Å². The molecule has 178 valence electrons. The Morgan fingerprint density at radius 3 is 2.46 bits per heavy atom. The predicted molar refractivity (Wildman–Crippen MR) is 135 cm³/mol. The maximum Gasteiger partial charge on any atom is 0.251 e. The number of nitrogens with zero attached hydrogens (tertiary/aromatic N) is 5. The van der Waals surface area contributed by atoms with Gasteiger partial charge in [-0.05, 0) is 55.9 Å². The van der Waals surface area contributed by atoms with Gasteiger partial charge in [-0.3, -0.25) is 4.79 Å². The van der Waals surface area contributed by atoms with Gasteiger partial charge in [-0.25, -0.2) is 4.98 Å². The van der Waals surface area contributed by atoms with Crippen LogP contribution in [0.3, 0.4) is 0 Å². The molecule has 5 rings (SSSR count). The molecule has 1 amide bonds. The zero-order valence-corrected chi connectivity index (χ0v) is 19.9. The Kier molecular flexibility index (Phi) is 6.54. The molecule has 1 aliphatic heterocycles. The number of hydrogen-bond acceptors (Lipinski definition) is 7. The van der Waals surface area contributed by atoms with Gasteiger partial charge in [0, 0.05) is 61.2 Å². The molecule has 0 saturated carbocycles. The minimum Gasteiger partial charge on any atom is -0.416 e. The number of amides is 1. The number of anilines is 1. The standard InChI is InChI=1S/C27H28N6O2/c1-19-6-3-4-8-23(19)27-31-30-26(35-27)21-11-9-20(10-12-21)25(34)29-18-22-7-5-13-28-24(22)33-16-14-32(2)15-17-33/h3-13H,14-18H2,1-2H3,(H,29,34). The number of aromatic nitrogens is 3. The van der Waals surface area contributed by atoms with Crippen LogP contribution in [0.5, 0.6) is 0 Å². The van der Waals surface area contributed by atoms with Gasteiger partial charge in [0.25, 0.3) is 5.91 Å². The molecule has 0 unspecified atom stereocenters. The summed E-state index contributed by atoms with van der Waals surface area (Å²) in [5.74, 6) is 1.70. The molecule has 2 aromatic heterocycles. The molecular weight excluding hydrogens is 440 g/mol. The summed E-state index contributed by atoms with van der Waals surface area (Å²) in [6.45, 7) is 6.28. The van der Waals surface area contributed by atoms with Gasteiger partial charge in [-0.1, -0.05) is 24.3 Å². The number of likely N-dealkylation sites (N-methyl/N-ethyl adjacent to an activating group) is 1. The lowest BCUT2D eigenvalue weighted by atomic mass is 10.1. The second kappa shape index (κ2) is 10.1. The van der Waals surface area contributed by atoms with Crippen LogP contribution in [0.2, 0.25) is 0 Å². The summed E-state index contributed by atoms with van der Waals surface area (Å²) in [6.07, 6.45) is 1.81. The van der Waals surface area contributed by atoms with Crippen LogP contribution < -0.4 is 10.2 Å². The van der Waals surface area contributed by atoms with Gasteiger partial charge in [-0.2, -0.15) is 0 Å². The molecule has 2 aromatic carbocycles. The maximum absolute atomic E-state index is 12.8. The summed E-state index contributed by atoms with van der Waals surface area (Å²) in [5.41, 5.74) is 4.32. The highest BCUT2D eigenvalue weighted by atomic mass is 16.4. The smallest absolute Gasteiger partial charge is 0.251 e. The molecule has 4 aromatic rings.